The molecule has 10 aromatic carbocycles. The Balaban J connectivity index is 1.12. The van der Waals surface area contributed by atoms with Gasteiger partial charge in [0.1, 0.15) is 11.2 Å². The maximum Gasteiger partial charge on any atom is 0.164 e. The number of nitrogens with zero attached hydrogens (tertiary/aromatic N) is 4. The normalized spacial score (nSPS) is 11.8. The van der Waals surface area contributed by atoms with E-state index >= 15 is 0 Å². The summed E-state index contributed by atoms with van der Waals surface area (Å²) < 4.78 is 9.23. The molecule has 0 unspecified atom stereocenters. The molecule has 0 radical (unpaired) electrons. The highest BCUT2D eigenvalue weighted by Crippen LogP contribution is 2.46. The summed E-state index contributed by atoms with van der Waals surface area (Å²) in [6, 6.07) is 77.0. The van der Waals surface area contributed by atoms with Crippen molar-refractivity contribution in [1.29, 1.82) is 0 Å². The lowest BCUT2D eigenvalue weighted by Gasteiger charge is -2.18. The summed E-state index contributed by atoms with van der Waals surface area (Å²) in [5.41, 5.74) is 12.1. The lowest BCUT2D eigenvalue weighted by atomic mass is 9.93. The fourth-order valence-electron chi connectivity index (χ4n) is 9.59. The fraction of sp³-hybridized carbons (Fsp3) is 0. The van der Waals surface area contributed by atoms with Crippen LogP contribution in [-0.2, 0) is 0 Å². The smallest absolute Gasteiger partial charge is 0.164 e. The Kier molecular flexibility index (Phi) is 8.15. The van der Waals surface area contributed by atoms with E-state index in [1.54, 1.807) is 0 Å². The van der Waals surface area contributed by atoms with Gasteiger partial charge in [0.2, 0.25) is 0 Å². The van der Waals surface area contributed by atoms with Crippen molar-refractivity contribution in [1.82, 2.24) is 19.5 Å². The highest BCUT2D eigenvalue weighted by molar-refractivity contribution is 6.22. The van der Waals surface area contributed by atoms with Gasteiger partial charge in [-0.3, -0.25) is 0 Å². The van der Waals surface area contributed by atoms with Gasteiger partial charge in [0.25, 0.3) is 0 Å². The number of hydrogen-bond donors (Lipinski definition) is 0. The average Bonchev–Trinajstić information content (AvgIpc) is 3.92. The predicted octanol–water partition coefficient (Wildman–Crippen LogP) is 15.5. The standard InChI is InChI=1S/C59H36N4O/c1-3-16-37(17-4-1)39-23-15-24-43(32-39)58-60-57(38-18-5-2-6-19-38)61-59(62-58)44-30-31-52(63-51-28-13-11-26-46(51)48-33-40-20-7-8-21-41(40)36-53(48)63)49(35-44)50-34-42-22-9-10-25-45(42)56-55(50)47-27-12-14-29-54(47)64-56/h1-36H. The van der Waals surface area contributed by atoms with E-state index in [1.807, 2.05) is 30.3 Å². The summed E-state index contributed by atoms with van der Waals surface area (Å²) in [6.45, 7) is 0. The second-order valence-electron chi connectivity index (χ2n) is 16.4. The lowest BCUT2D eigenvalue weighted by molar-refractivity contribution is 0.673. The van der Waals surface area contributed by atoms with Gasteiger partial charge >= 0.3 is 0 Å². The SMILES string of the molecule is c1ccc(-c2cccc(-c3nc(-c4ccccc4)nc(-c4ccc(-n5c6ccccc6c6cc7ccccc7cc65)c(-c5cc6ccccc6c6oc7ccccc7c56)c4)n3)c2)cc1. The number of para-hydroxylation sites is 2. The zero-order valence-electron chi connectivity index (χ0n) is 34.5. The largest absolute Gasteiger partial charge is 0.455 e. The Morgan fingerprint density at radius 2 is 0.906 bits per heavy atom. The van der Waals surface area contributed by atoms with E-state index < -0.39 is 0 Å². The van der Waals surface area contributed by atoms with Gasteiger partial charge in [0, 0.05) is 49.2 Å². The van der Waals surface area contributed by atoms with Crippen LogP contribution in [0.25, 0.3) is 127 Å². The van der Waals surface area contributed by atoms with Gasteiger partial charge in [-0.25, -0.2) is 15.0 Å². The van der Waals surface area contributed by atoms with Crippen LogP contribution in [0.15, 0.2) is 223 Å². The van der Waals surface area contributed by atoms with Crippen molar-refractivity contribution in [3.8, 4) is 62.1 Å². The number of benzene rings is 10. The van der Waals surface area contributed by atoms with E-state index in [9.17, 15) is 0 Å². The molecule has 0 N–H and O–H groups in total. The molecule has 0 amide bonds. The third-order valence-electron chi connectivity index (χ3n) is 12.6. The molecule has 298 valence electrons. The first-order valence-electron chi connectivity index (χ1n) is 21.6. The molecule has 13 rings (SSSR count). The van der Waals surface area contributed by atoms with Crippen LogP contribution in [0.3, 0.4) is 0 Å². The Labute approximate surface area is 368 Å². The second kappa shape index (κ2) is 14.5. The number of aromatic nitrogens is 4. The molecule has 64 heavy (non-hydrogen) atoms. The third kappa shape index (κ3) is 5.83. The highest BCUT2D eigenvalue weighted by Gasteiger charge is 2.23. The molecule has 13 aromatic rings. The average molecular weight is 817 g/mol. The molecule has 0 fully saturated rings. The molecular formula is C59H36N4O. The van der Waals surface area contributed by atoms with Crippen LogP contribution in [0.4, 0.5) is 0 Å². The summed E-state index contributed by atoms with van der Waals surface area (Å²) >= 11 is 0. The monoisotopic (exact) mass is 816 g/mol. The van der Waals surface area contributed by atoms with Gasteiger partial charge in [0.15, 0.2) is 17.5 Å². The lowest BCUT2D eigenvalue weighted by Crippen LogP contribution is -2.02. The molecule has 5 nitrogen and oxygen atoms in total. The molecule has 0 aliphatic carbocycles. The van der Waals surface area contributed by atoms with Crippen molar-refractivity contribution in [2.75, 3.05) is 0 Å². The third-order valence-corrected chi connectivity index (χ3v) is 12.6. The summed E-state index contributed by atoms with van der Waals surface area (Å²) in [5.74, 6) is 1.80. The van der Waals surface area contributed by atoms with E-state index in [4.69, 9.17) is 19.4 Å². The zero-order chi connectivity index (χ0) is 42.1. The molecule has 3 aromatic heterocycles. The minimum absolute atomic E-state index is 0.587. The van der Waals surface area contributed by atoms with E-state index in [0.29, 0.717) is 17.5 Å². The van der Waals surface area contributed by atoms with Gasteiger partial charge in [-0.15, -0.1) is 0 Å². The Bertz CT molecular complexity index is 3960. The fourth-order valence-corrected chi connectivity index (χ4v) is 9.59. The van der Waals surface area contributed by atoms with E-state index in [2.05, 4.69) is 193 Å². The Morgan fingerprint density at radius 3 is 1.69 bits per heavy atom. The molecule has 0 aliphatic heterocycles. The molecule has 3 heterocycles. The minimum Gasteiger partial charge on any atom is -0.455 e. The van der Waals surface area contributed by atoms with E-state index in [0.717, 1.165) is 88.4 Å². The Morgan fingerprint density at radius 1 is 0.328 bits per heavy atom. The van der Waals surface area contributed by atoms with Crippen LogP contribution < -0.4 is 0 Å². The highest BCUT2D eigenvalue weighted by atomic mass is 16.3. The first-order chi connectivity index (χ1) is 31.7. The second-order valence-corrected chi connectivity index (χ2v) is 16.4. The van der Waals surface area contributed by atoms with Crippen LogP contribution in [0.2, 0.25) is 0 Å². The van der Waals surface area contributed by atoms with E-state index in [1.165, 1.54) is 21.5 Å². The van der Waals surface area contributed by atoms with Gasteiger partial charge in [-0.05, 0) is 87.4 Å². The quantitative estimate of drug-likeness (QED) is 0.168. The molecule has 0 spiro atoms. The van der Waals surface area contributed by atoms with Crippen LogP contribution in [0.1, 0.15) is 0 Å². The first-order valence-corrected chi connectivity index (χ1v) is 21.6. The predicted molar refractivity (Wildman–Crippen MR) is 264 cm³/mol. The van der Waals surface area contributed by atoms with Gasteiger partial charge in [-0.1, -0.05) is 164 Å². The molecule has 0 atom stereocenters. The van der Waals surface area contributed by atoms with Gasteiger partial charge in [-0.2, -0.15) is 0 Å². The maximum absolute atomic E-state index is 6.79. The topological polar surface area (TPSA) is 56.7 Å². The molecule has 0 saturated carbocycles. The van der Waals surface area contributed by atoms with Crippen molar-refractivity contribution >= 4 is 65.3 Å². The van der Waals surface area contributed by atoms with E-state index in [-0.39, 0.29) is 0 Å². The van der Waals surface area contributed by atoms with Crippen LogP contribution in [0, 0.1) is 0 Å². The summed E-state index contributed by atoms with van der Waals surface area (Å²) in [4.78, 5) is 15.7. The number of furan rings is 1. The van der Waals surface area contributed by atoms with Gasteiger partial charge < -0.3 is 8.98 Å². The number of hydrogen-bond acceptors (Lipinski definition) is 4. The first kappa shape index (κ1) is 36.0. The van der Waals surface area contributed by atoms with Crippen molar-refractivity contribution in [2.24, 2.45) is 0 Å². The van der Waals surface area contributed by atoms with Crippen molar-refractivity contribution in [2.45, 2.75) is 0 Å². The molecule has 0 bridgehead atoms. The minimum atomic E-state index is 0.587. The molecule has 0 aliphatic rings. The van der Waals surface area contributed by atoms with Crippen LogP contribution >= 0.6 is 0 Å². The Hall–Kier alpha value is -8.67. The number of rotatable bonds is 6. The summed E-state index contributed by atoms with van der Waals surface area (Å²) in [7, 11) is 0. The maximum atomic E-state index is 6.79. The molecular weight excluding hydrogens is 781 g/mol. The van der Waals surface area contributed by atoms with Gasteiger partial charge in [0.05, 0.1) is 16.7 Å². The van der Waals surface area contributed by atoms with Crippen LogP contribution in [-0.4, -0.2) is 19.5 Å². The summed E-state index contributed by atoms with van der Waals surface area (Å²) in [6.07, 6.45) is 0. The van der Waals surface area contributed by atoms with Crippen molar-refractivity contribution in [3.05, 3.63) is 218 Å². The molecule has 5 heteroatoms. The molecule has 0 saturated heterocycles. The van der Waals surface area contributed by atoms with Crippen molar-refractivity contribution < 1.29 is 4.42 Å². The zero-order valence-corrected chi connectivity index (χ0v) is 34.5. The number of fused-ring (bicyclic) bond motifs is 9. The van der Waals surface area contributed by atoms with Crippen molar-refractivity contribution in [3.63, 3.8) is 0 Å². The van der Waals surface area contributed by atoms with Crippen LogP contribution in [0.5, 0.6) is 0 Å². The summed E-state index contributed by atoms with van der Waals surface area (Å²) in [5, 5.41) is 9.11.